The number of unbranched alkanes of at least 4 members (excludes halogenated alkanes) is 1. The molecular weight excluding hydrogens is 335 g/mol. The lowest BCUT2D eigenvalue weighted by Gasteiger charge is -2.24. The number of carbonyl (C=O) groups excluding carboxylic acids is 1. The highest BCUT2D eigenvalue weighted by Crippen LogP contribution is 2.59. The number of allylic oxidation sites excluding steroid dienone is 2. The lowest BCUT2D eigenvalue weighted by molar-refractivity contribution is 0.103. The van der Waals surface area contributed by atoms with Crippen molar-refractivity contribution in [2.24, 2.45) is 5.92 Å². The van der Waals surface area contributed by atoms with Crippen molar-refractivity contribution in [2.75, 3.05) is 13.2 Å². The van der Waals surface area contributed by atoms with E-state index in [-0.39, 0.29) is 30.2 Å². The van der Waals surface area contributed by atoms with Gasteiger partial charge in [0.2, 0.25) is 5.78 Å². The number of carbonyl (C=O) groups is 1. The molecule has 0 heterocycles. The van der Waals surface area contributed by atoms with Gasteiger partial charge in [0.15, 0.2) is 0 Å². The first-order chi connectivity index (χ1) is 11.9. The van der Waals surface area contributed by atoms with Crippen molar-refractivity contribution in [3.63, 3.8) is 0 Å². The van der Waals surface area contributed by atoms with E-state index in [0.717, 1.165) is 18.4 Å². The molecule has 0 saturated heterocycles. The van der Waals surface area contributed by atoms with Gasteiger partial charge in [0.1, 0.15) is 5.31 Å². The lowest BCUT2D eigenvalue weighted by atomic mass is 9.94. The summed E-state index contributed by atoms with van der Waals surface area (Å²) >= 11 is 0. The first-order valence-corrected chi connectivity index (χ1v) is 10.7. The summed E-state index contributed by atoms with van der Waals surface area (Å²) in [6.07, 6.45) is 2.64. The number of hydrogen-bond acceptors (Lipinski definition) is 4. The van der Waals surface area contributed by atoms with Crippen molar-refractivity contribution in [1.82, 2.24) is 0 Å². The van der Waals surface area contributed by atoms with Gasteiger partial charge in [-0.25, -0.2) is 0 Å². The molecule has 1 rings (SSSR count). The van der Waals surface area contributed by atoms with E-state index in [1.54, 1.807) is 38.1 Å². The van der Waals surface area contributed by atoms with Crippen LogP contribution in [0.2, 0.25) is 0 Å². The van der Waals surface area contributed by atoms with Crippen molar-refractivity contribution in [1.29, 1.82) is 0 Å². The minimum Gasteiger partial charge on any atom is -0.305 e. The molecule has 25 heavy (non-hydrogen) atoms. The topological polar surface area (TPSA) is 52.6 Å². The van der Waals surface area contributed by atoms with Gasteiger partial charge in [-0.3, -0.25) is 9.36 Å². The van der Waals surface area contributed by atoms with Crippen LogP contribution in [0.1, 0.15) is 64.2 Å². The lowest BCUT2D eigenvalue weighted by Crippen LogP contribution is -2.14. The molecule has 0 aliphatic heterocycles. The van der Waals surface area contributed by atoms with E-state index in [0.29, 0.717) is 12.0 Å². The molecule has 1 aromatic carbocycles. The van der Waals surface area contributed by atoms with E-state index < -0.39 is 7.60 Å². The summed E-state index contributed by atoms with van der Waals surface area (Å²) in [6.45, 7) is 10.1. The van der Waals surface area contributed by atoms with Crippen LogP contribution in [0.4, 0.5) is 0 Å². The molecule has 0 aliphatic rings. The van der Waals surface area contributed by atoms with Gasteiger partial charge in [-0.2, -0.15) is 0 Å². The number of rotatable bonds is 11. The summed E-state index contributed by atoms with van der Waals surface area (Å²) in [4.78, 5) is 13.3. The number of Topliss-reactive ketones (excluding diaryl/α,β-unsaturated/α-hetero) is 1. The molecule has 0 radical (unpaired) electrons. The van der Waals surface area contributed by atoms with E-state index in [1.165, 1.54) is 0 Å². The van der Waals surface area contributed by atoms with Crippen molar-refractivity contribution < 1.29 is 18.4 Å². The van der Waals surface area contributed by atoms with Gasteiger partial charge in [-0.05, 0) is 38.2 Å². The standard InChI is InChI=1S/C20H31O4P/c1-6-9-15-18(16(4)5)20(25(22,23-7-2)24-8-3)19(21)17-13-11-10-12-14-17/h10-14,16H,6-9,15H2,1-5H3/b20-18+. The van der Waals surface area contributed by atoms with Gasteiger partial charge in [-0.15, -0.1) is 0 Å². The zero-order valence-corrected chi connectivity index (χ0v) is 17.0. The van der Waals surface area contributed by atoms with Crippen LogP contribution in [0.15, 0.2) is 41.2 Å². The third kappa shape index (κ3) is 5.91. The molecule has 0 saturated carbocycles. The van der Waals surface area contributed by atoms with Gasteiger partial charge in [0.05, 0.1) is 13.2 Å². The maximum Gasteiger partial charge on any atom is 0.365 e. The number of benzene rings is 1. The van der Waals surface area contributed by atoms with Crippen LogP contribution >= 0.6 is 7.60 Å². The third-order valence-corrected chi connectivity index (χ3v) is 6.16. The molecule has 0 atom stereocenters. The highest BCUT2D eigenvalue weighted by atomic mass is 31.2. The van der Waals surface area contributed by atoms with Crippen molar-refractivity contribution >= 4 is 13.4 Å². The maximum absolute atomic E-state index is 13.5. The van der Waals surface area contributed by atoms with E-state index in [4.69, 9.17) is 9.05 Å². The highest BCUT2D eigenvalue weighted by molar-refractivity contribution is 7.60. The van der Waals surface area contributed by atoms with Crippen LogP contribution in [0.25, 0.3) is 0 Å². The molecule has 4 nitrogen and oxygen atoms in total. The Kier molecular flexibility index (Phi) is 9.34. The van der Waals surface area contributed by atoms with Gasteiger partial charge in [0, 0.05) is 5.56 Å². The second-order valence-electron chi connectivity index (χ2n) is 6.16. The summed E-state index contributed by atoms with van der Waals surface area (Å²) < 4.78 is 24.6. The second kappa shape index (κ2) is 10.7. The molecule has 1 aromatic rings. The monoisotopic (exact) mass is 366 g/mol. The Hall–Kier alpha value is -1.22. The first kappa shape index (κ1) is 21.8. The number of ketones is 1. The summed E-state index contributed by atoms with van der Waals surface area (Å²) in [5.74, 6) is -0.172. The predicted octanol–water partition coefficient (Wildman–Crippen LogP) is 6.24. The molecule has 0 amide bonds. The van der Waals surface area contributed by atoms with Crippen LogP contribution in [0, 0.1) is 5.92 Å². The van der Waals surface area contributed by atoms with Gasteiger partial charge >= 0.3 is 7.60 Å². The molecule has 0 aliphatic carbocycles. The summed E-state index contributed by atoms with van der Waals surface area (Å²) in [5, 5.41) is 0.228. The van der Waals surface area contributed by atoms with Gasteiger partial charge in [0.25, 0.3) is 0 Å². The normalized spacial score (nSPS) is 13.0. The fourth-order valence-corrected chi connectivity index (χ4v) is 4.84. The SMILES string of the molecule is CCCC/C(=C(/C(=O)c1ccccc1)P(=O)(OCC)OCC)C(C)C. The fourth-order valence-electron chi connectivity index (χ4n) is 2.73. The molecule has 140 valence electrons. The van der Waals surface area contributed by atoms with Crippen LogP contribution in [-0.4, -0.2) is 19.0 Å². The average Bonchev–Trinajstić information content (AvgIpc) is 2.58. The molecule has 0 fully saturated rings. The largest absolute Gasteiger partial charge is 0.365 e. The molecular formula is C20H31O4P. The average molecular weight is 366 g/mol. The van der Waals surface area contributed by atoms with Crippen molar-refractivity contribution in [3.8, 4) is 0 Å². The molecule has 0 unspecified atom stereocenters. The first-order valence-electron chi connectivity index (χ1n) is 9.13. The van der Waals surface area contributed by atoms with Gasteiger partial charge in [-0.1, -0.05) is 57.5 Å². The quantitative estimate of drug-likeness (QED) is 0.264. The Morgan fingerprint density at radius 3 is 2.04 bits per heavy atom. The summed E-state index contributed by atoms with van der Waals surface area (Å²) in [5.41, 5.74) is 1.38. The van der Waals surface area contributed by atoms with Crippen LogP contribution in [0.5, 0.6) is 0 Å². The minimum atomic E-state index is -3.67. The van der Waals surface area contributed by atoms with Crippen LogP contribution in [0.3, 0.4) is 0 Å². The van der Waals surface area contributed by atoms with Gasteiger partial charge < -0.3 is 9.05 Å². The zero-order chi connectivity index (χ0) is 18.9. The predicted molar refractivity (Wildman–Crippen MR) is 103 cm³/mol. The molecule has 5 heteroatoms. The van der Waals surface area contributed by atoms with E-state index in [1.807, 2.05) is 19.9 Å². The van der Waals surface area contributed by atoms with E-state index in [2.05, 4.69) is 6.92 Å². The Morgan fingerprint density at radius 1 is 1.04 bits per heavy atom. The molecule has 0 spiro atoms. The van der Waals surface area contributed by atoms with Crippen molar-refractivity contribution in [2.45, 2.75) is 53.9 Å². The van der Waals surface area contributed by atoms with Crippen LogP contribution in [-0.2, 0) is 13.6 Å². The third-order valence-electron chi connectivity index (χ3n) is 3.92. The van der Waals surface area contributed by atoms with E-state index >= 15 is 0 Å². The maximum atomic E-state index is 13.5. The molecule has 0 bridgehead atoms. The van der Waals surface area contributed by atoms with Crippen LogP contribution < -0.4 is 0 Å². The zero-order valence-electron chi connectivity index (χ0n) is 16.1. The summed E-state index contributed by atoms with van der Waals surface area (Å²) in [7, 11) is -3.67. The smallest absolute Gasteiger partial charge is 0.305 e. The summed E-state index contributed by atoms with van der Waals surface area (Å²) in [6, 6.07) is 8.94. The Morgan fingerprint density at radius 2 is 1.60 bits per heavy atom. The molecule has 0 N–H and O–H groups in total. The van der Waals surface area contributed by atoms with E-state index in [9.17, 15) is 9.36 Å². The highest BCUT2D eigenvalue weighted by Gasteiger charge is 2.38. The van der Waals surface area contributed by atoms with Crippen molar-refractivity contribution in [3.05, 3.63) is 46.8 Å². The Labute approximate surface area is 152 Å². The minimum absolute atomic E-state index is 0.0865. The second-order valence-corrected chi connectivity index (χ2v) is 8.12. The number of hydrogen-bond donors (Lipinski definition) is 0. The Balaban J connectivity index is 3.58. The fraction of sp³-hybridized carbons (Fsp3) is 0.550. The Bertz CT molecular complexity index is 610. The molecule has 0 aromatic heterocycles.